The van der Waals surface area contributed by atoms with Crippen molar-refractivity contribution in [3.8, 4) is 0 Å². The highest BCUT2D eigenvalue weighted by molar-refractivity contribution is 6.02. The number of amidine groups is 1. The molecule has 0 saturated heterocycles. The van der Waals surface area contributed by atoms with Gasteiger partial charge in [-0.15, -0.1) is 5.10 Å². The molecule has 0 radical (unpaired) electrons. The van der Waals surface area contributed by atoms with E-state index in [0.29, 0.717) is 11.4 Å². The van der Waals surface area contributed by atoms with Crippen LogP contribution in [0, 0.1) is 13.8 Å². The number of likely N-dealkylation sites (N-methyl/N-ethyl adjacent to an activating group) is 2. The normalized spacial score (nSPS) is 12.0. The van der Waals surface area contributed by atoms with Gasteiger partial charge in [-0.3, -0.25) is 0 Å². The maximum Gasteiger partial charge on any atom is 0.174 e. The number of aromatic nitrogens is 2. The van der Waals surface area contributed by atoms with Crippen molar-refractivity contribution < 1.29 is 5.21 Å². The summed E-state index contributed by atoms with van der Waals surface area (Å²) < 4.78 is 0. The van der Waals surface area contributed by atoms with E-state index >= 15 is 0 Å². The molecular formula is C12H22N6O. The van der Waals surface area contributed by atoms with Gasteiger partial charge in [0.25, 0.3) is 0 Å². The molecule has 0 saturated carbocycles. The molecule has 0 spiro atoms. The molecule has 0 atom stereocenters. The highest BCUT2D eigenvalue weighted by atomic mass is 16.4. The maximum absolute atomic E-state index is 8.92. The second-order valence-corrected chi connectivity index (χ2v) is 4.82. The van der Waals surface area contributed by atoms with Gasteiger partial charge < -0.3 is 20.7 Å². The Kier molecular flexibility index (Phi) is 5.05. The Morgan fingerprint density at radius 2 is 1.84 bits per heavy atom. The number of hydrogen-bond donors (Lipinski definition) is 2. The van der Waals surface area contributed by atoms with Crippen molar-refractivity contribution in [3.63, 3.8) is 0 Å². The molecule has 0 aliphatic carbocycles. The van der Waals surface area contributed by atoms with Gasteiger partial charge in [-0.2, -0.15) is 5.10 Å². The van der Waals surface area contributed by atoms with Gasteiger partial charge in [-0.1, -0.05) is 5.16 Å². The van der Waals surface area contributed by atoms with Gasteiger partial charge in [-0.25, -0.2) is 0 Å². The Balaban J connectivity index is 3.16. The Bertz CT molecular complexity index is 472. The minimum absolute atomic E-state index is 0.0576. The lowest BCUT2D eigenvalue weighted by Crippen LogP contribution is -2.32. The van der Waals surface area contributed by atoms with Crippen LogP contribution < -0.4 is 10.6 Å². The minimum Gasteiger partial charge on any atom is -0.409 e. The van der Waals surface area contributed by atoms with Crippen LogP contribution in [0.2, 0.25) is 0 Å². The quantitative estimate of drug-likeness (QED) is 0.342. The lowest BCUT2D eigenvalue weighted by atomic mass is 10.1. The molecule has 1 aromatic rings. The number of aryl methyl sites for hydroxylation is 1. The van der Waals surface area contributed by atoms with E-state index in [4.69, 9.17) is 10.9 Å². The summed E-state index contributed by atoms with van der Waals surface area (Å²) in [6.45, 7) is 5.39. The molecular weight excluding hydrogens is 244 g/mol. The summed E-state index contributed by atoms with van der Waals surface area (Å²) in [6, 6.07) is 0. The average molecular weight is 266 g/mol. The molecule has 1 heterocycles. The lowest BCUT2D eigenvalue weighted by Gasteiger charge is -2.23. The number of oxime groups is 1. The molecule has 7 nitrogen and oxygen atoms in total. The fraction of sp³-hybridized carbons (Fsp3) is 0.583. The molecule has 106 valence electrons. The molecule has 3 N–H and O–H groups in total. The fourth-order valence-electron chi connectivity index (χ4n) is 1.68. The molecule has 0 fully saturated rings. The van der Waals surface area contributed by atoms with Gasteiger partial charge in [0, 0.05) is 20.1 Å². The van der Waals surface area contributed by atoms with Crippen molar-refractivity contribution in [2.75, 3.05) is 39.1 Å². The van der Waals surface area contributed by atoms with E-state index in [1.165, 1.54) is 0 Å². The summed E-state index contributed by atoms with van der Waals surface area (Å²) in [5, 5.41) is 20.3. The number of nitrogens with zero attached hydrogens (tertiary/aromatic N) is 5. The largest absolute Gasteiger partial charge is 0.409 e. The Labute approximate surface area is 113 Å². The third-order valence-corrected chi connectivity index (χ3v) is 3.04. The highest BCUT2D eigenvalue weighted by Gasteiger charge is 2.18. The second-order valence-electron chi connectivity index (χ2n) is 4.82. The van der Waals surface area contributed by atoms with Crippen LogP contribution in [-0.4, -0.2) is 60.4 Å². The van der Waals surface area contributed by atoms with Gasteiger partial charge in [0.05, 0.1) is 11.3 Å². The Morgan fingerprint density at radius 1 is 1.21 bits per heavy atom. The van der Waals surface area contributed by atoms with Crippen LogP contribution in [0.15, 0.2) is 5.16 Å². The molecule has 0 unspecified atom stereocenters. The molecule has 0 amide bonds. The lowest BCUT2D eigenvalue weighted by molar-refractivity contribution is 0.318. The summed E-state index contributed by atoms with van der Waals surface area (Å²) in [5.41, 5.74) is 8.03. The molecule has 0 aromatic carbocycles. The van der Waals surface area contributed by atoms with Gasteiger partial charge >= 0.3 is 0 Å². The van der Waals surface area contributed by atoms with Crippen molar-refractivity contribution in [2.24, 2.45) is 10.9 Å². The van der Waals surface area contributed by atoms with Crippen molar-refractivity contribution >= 4 is 11.7 Å². The fourth-order valence-corrected chi connectivity index (χ4v) is 1.68. The smallest absolute Gasteiger partial charge is 0.174 e. The monoisotopic (exact) mass is 266 g/mol. The molecule has 19 heavy (non-hydrogen) atoms. The van der Waals surface area contributed by atoms with Crippen molar-refractivity contribution in [2.45, 2.75) is 13.8 Å². The van der Waals surface area contributed by atoms with Gasteiger partial charge in [0.2, 0.25) is 0 Å². The van der Waals surface area contributed by atoms with E-state index in [1.54, 1.807) is 0 Å². The van der Waals surface area contributed by atoms with Gasteiger partial charge in [0.15, 0.2) is 11.7 Å². The summed E-state index contributed by atoms with van der Waals surface area (Å²) in [6.07, 6.45) is 0. The van der Waals surface area contributed by atoms with E-state index in [1.807, 2.05) is 39.9 Å². The number of nitrogens with two attached hydrogens (primary N) is 1. The van der Waals surface area contributed by atoms with Crippen LogP contribution in [0.4, 0.5) is 5.82 Å². The van der Waals surface area contributed by atoms with Gasteiger partial charge in [-0.05, 0) is 33.5 Å². The third-order valence-electron chi connectivity index (χ3n) is 3.04. The molecule has 0 aliphatic heterocycles. The zero-order valence-electron chi connectivity index (χ0n) is 12.2. The molecule has 0 bridgehead atoms. The van der Waals surface area contributed by atoms with Crippen LogP contribution in [0.3, 0.4) is 0 Å². The minimum atomic E-state index is 0.0576. The summed E-state index contributed by atoms with van der Waals surface area (Å²) in [5.74, 6) is 0.683. The zero-order valence-corrected chi connectivity index (χ0v) is 12.2. The third kappa shape index (κ3) is 3.54. The summed E-state index contributed by atoms with van der Waals surface area (Å²) in [4.78, 5) is 4.03. The average Bonchev–Trinajstić information content (AvgIpc) is 2.38. The standard InChI is InChI=1S/C12H22N6O/c1-8-9(2)14-15-12(10(8)11(13)16-19)18(5)7-6-17(3)4/h19H,6-7H2,1-5H3,(H2,13,16). The SMILES string of the molecule is Cc1nnc(N(C)CCN(C)C)c(C(N)=NO)c1C. The van der Waals surface area contributed by atoms with E-state index in [2.05, 4.69) is 20.3 Å². The first kappa shape index (κ1) is 15.2. The predicted octanol–water partition coefficient (Wildman–Crippen LogP) is 0.186. The first-order valence-electron chi connectivity index (χ1n) is 6.06. The molecule has 7 heteroatoms. The van der Waals surface area contributed by atoms with Crippen LogP contribution >= 0.6 is 0 Å². The van der Waals surface area contributed by atoms with Gasteiger partial charge in [0.1, 0.15) is 0 Å². The topological polar surface area (TPSA) is 90.9 Å². The Hall–Kier alpha value is -1.89. The van der Waals surface area contributed by atoms with E-state index in [0.717, 1.165) is 24.3 Å². The van der Waals surface area contributed by atoms with Crippen LogP contribution in [-0.2, 0) is 0 Å². The maximum atomic E-state index is 8.92. The number of anilines is 1. The summed E-state index contributed by atoms with van der Waals surface area (Å²) in [7, 11) is 5.92. The second kappa shape index (κ2) is 6.33. The first-order chi connectivity index (χ1) is 8.88. The number of hydrogen-bond acceptors (Lipinski definition) is 6. The highest BCUT2D eigenvalue weighted by Crippen LogP contribution is 2.20. The molecule has 0 aliphatic rings. The summed E-state index contributed by atoms with van der Waals surface area (Å²) >= 11 is 0. The Morgan fingerprint density at radius 3 is 2.37 bits per heavy atom. The van der Waals surface area contributed by atoms with Crippen molar-refractivity contribution in [1.29, 1.82) is 0 Å². The van der Waals surface area contributed by atoms with Crippen LogP contribution in [0.25, 0.3) is 0 Å². The van der Waals surface area contributed by atoms with Crippen molar-refractivity contribution in [3.05, 3.63) is 16.8 Å². The van der Waals surface area contributed by atoms with E-state index in [9.17, 15) is 0 Å². The molecule has 1 rings (SSSR count). The number of rotatable bonds is 5. The molecule has 1 aromatic heterocycles. The van der Waals surface area contributed by atoms with Crippen molar-refractivity contribution in [1.82, 2.24) is 15.1 Å². The first-order valence-corrected chi connectivity index (χ1v) is 6.06. The van der Waals surface area contributed by atoms with Crippen LogP contribution in [0.1, 0.15) is 16.8 Å². The van der Waals surface area contributed by atoms with E-state index in [-0.39, 0.29) is 5.84 Å². The van der Waals surface area contributed by atoms with E-state index < -0.39 is 0 Å². The zero-order chi connectivity index (χ0) is 14.6. The van der Waals surface area contributed by atoms with Crippen LogP contribution in [0.5, 0.6) is 0 Å². The predicted molar refractivity (Wildman–Crippen MR) is 75.8 cm³/mol.